The lowest BCUT2D eigenvalue weighted by atomic mass is 9.93. The molecular weight excluding hydrogens is 805 g/mol. The molecule has 0 fully saturated rings. The van der Waals surface area contributed by atoms with E-state index < -0.39 is 0 Å². The minimum Gasteiger partial charge on any atom is -0.504 e. The second kappa shape index (κ2) is 28.9. The van der Waals surface area contributed by atoms with Gasteiger partial charge in [-0.2, -0.15) is 0 Å². The van der Waals surface area contributed by atoms with Crippen LogP contribution in [0.2, 0.25) is 0 Å². The zero-order valence-corrected chi connectivity index (χ0v) is 36.6. The normalized spacial score (nSPS) is 9.62. The van der Waals surface area contributed by atoms with E-state index in [1.165, 1.54) is 26.4 Å². The van der Waals surface area contributed by atoms with Gasteiger partial charge in [-0.25, -0.2) is 0 Å². The SMILES string of the molecule is C=Cc1cccc(OC)c1.COc1cc(C=O)c(OC)cc1C.COc1cc(C=O)cc(CO)c1O.COc1cccc(CO)c1OC.O=CC(c1ccccc1)c1ccccc1. The molecule has 0 heterocycles. The van der Waals surface area contributed by atoms with Gasteiger partial charge in [-0.3, -0.25) is 9.59 Å². The molecule has 0 aliphatic rings. The molecule has 3 N–H and O–H groups in total. The maximum absolute atomic E-state index is 11.1. The number of ether oxygens (including phenoxy) is 6. The average molecular weight is 861 g/mol. The van der Waals surface area contributed by atoms with Crippen LogP contribution in [-0.2, 0) is 18.0 Å². The Kier molecular flexibility index (Phi) is 23.8. The van der Waals surface area contributed by atoms with E-state index in [1.54, 1.807) is 58.8 Å². The summed E-state index contributed by atoms with van der Waals surface area (Å²) in [6, 6.07) is 39.1. The van der Waals surface area contributed by atoms with Crippen LogP contribution in [0.15, 0.2) is 134 Å². The molecule has 6 aromatic carbocycles. The average Bonchev–Trinajstić information content (AvgIpc) is 3.35. The molecule has 0 aliphatic heterocycles. The lowest BCUT2D eigenvalue weighted by Crippen LogP contribution is -2.01. The predicted octanol–water partition coefficient (Wildman–Crippen LogP) is 9.08. The Morgan fingerprint density at radius 2 is 1.11 bits per heavy atom. The second-order valence-electron chi connectivity index (χ2n) is 12.9. The predicted molar refractivity (Wildman–Crippen MR) is 245 cm³/mol. The zero-order chi connectivity index (χ0) is 46.6. The van der Waals surface area contributed by atoms with Gasteiger partial charge in [0.2, 0.25) is 0 Å². The molecule has 0 bridgehead atoms. The van der Waals surface area contributed by atoms with Crippen molar-refractivity contribution in [2.75, 3.05) is 42.7 Å². The number of hydrogen-bond donors (Lipinski definition) is 3. The Balaban J connectivity index is 0.000000272. The fourth-order valence-electron chi connectivity index (χ4n) is 5.72. The van der Waals surface area contributed by atoms with Crippen molar-refractivity contribution in [3.05, 3.63) is 178 Å². The highest BCUT2D eigenvalue weighted by atomic mass is 16.5. The maximum atomic E-state index is 11.1. The summed E-state index contributed by atoms with van der Waals surface area (Å²) in [5.41, 5.74) is 5.99. The molecule has 0 radical (unpaired) electrons. The lowest BCUT2D eigenvalue weighted by Gasteiger charge is -2.10. The van der Waals surface area contributed by atoms with Crippen molar-refractivity contribution in [3.63, 3.8) is 0 Å². The fourth-order valence-corrected chi connectivity index (χ4v) is 5.72. The van der Waals surface area contributed by atoms with Crippen molar-refractivity contribution in [2.45, 2.75) is 26.1 Å². The van der Waals surface area contributed by atoms with Gasteiger partial charge in [0, 0.05) is 16.7 Å². The van der Waals surface area contributed by atoms with Gasteiger partial charge in [-0.05, 0) is 71.6 Å². The topological polar surface area (TPSA) is 167 Å². The maximum Gasteiger partial charge on any atom is 0.166 e. The fraction of sp³-hybridized carbons (Fsp3) is 0.196. The van der Waals surface area contributed by atoms with E-state index in [4.69, 9.17) is 38.6 Å². The minimum absolute atomic E-state index is 0.0413. The van der Waals surface area contributed by atoms with E-state index in [-0.39, 0.29) is 36.2 Å². The molecule has 0 saturated heterocycles. The Labute approximate surface area is 369 Å². The number of aliphatic hydroxyl groups excluding tert-OH is 2. The summed E-state index contributed by atoms with van der Waals surface area (Å²) in [4.78, 5) is 32.2. The third kappa shape index (κ3) is 16.2. The zero-order valence-electron chi connectivity index (χ0n) is 36.6. The van der Waals surface area contributed by atoms with Crippen LogP contribution in [0.4, 0.5) is 0 Å². The smallest absolute Gasteiger partial charge is 0.166 e. The van der Waals surface area contributed by atoms with Crippen LogP contribution in [0.5, 0.6) is 40.2 Å². The molecule has 0 atom stereocenters. The quantitative estimate of drug-likeness (QED) is 0.0891. The van der Waals surface area contributed by atoms with Crippen LogP contribution < -0.4 is 28.4 Å². The number of rotatable bonds is 14. The molecule has 12 nitrogen and oxygen atoms in total. The third-order valence-corrected chi connectivity index (χ3v) is 9.01. The van der Waals surface area contributed by atoms with Crippen molar-refractivity contribution in [1.82, 2.24) is 0 Å². The summed E-state index contributed by atoms with van der Waals surface area (Å²) in [5.74, 6) is 3.30. The summed E-state index contributed by atoms with van der Waals surface area (Å²) < 4.78 is 30.0. The van der Waals surface area contributed by atoms with Gasteiger partial charge < -0.3 is 48.5 Å². The van der Waals surface area contributed by atoms with Gasteiger partial charge in [-0.1, -0.05) is 97.6 Å². The van der Waals surface area contributed by atoms with E-state index in [9.17, 15) is 19.5 Å². The van der Waals surface area contributed by atoms with Crippen LogP contribution in [0.1, 0.15) is 60.0 Å². The van der Waals surface area contributed by atoms with E-state index in [0.717, 1.165) is 46.1 Å². The largest absolute Gasteiger partial charge is 0.504 e. The summed E-state index contributed by atoms with van der Waals surface area (Å²) >= 11 is 0. The highest BCUT2D eigenvalue weighted by Crippen LogP contribution is 2.32. The first-order valence-electron chi connectivity index (χ1n) is 19.3. The van der Waals surface area contributed by atoms with Crippen molar-refractivity contribution in [2.24, 2.45) is 0 Å². The first-order valence-corrected chi connectivity index (χ1v) is 19.3. The number of benzene rings is 6. The van der Waals surface area contributed by atoms with Gasteiger partial charge >= 0.3 is 0 Å². The number of carbonyl (C=O) groups is 3. The van der Waals surface area contributed by atoms with Crippen LogP contribution in [-0.4, -0.2) is 76.8 Å². The first kappa shape index (κ1) is 51.7. The number of methoxy groups -OCH3 is 6. The van der Waals surface area contributed by atoms with Gasteiger partial charge in [-0.15, -0.1) is 0 Å². The first-order chi connectivity index (χ1) is 30.6. The molecular formula is C51H56O12. The number of aryl methyl sites for hydroxylation is 1. The number of hydrogen-bond acceptors (Lipinski definition) is 12. The number of carbonyl (C=O) groups excluding carboxylic acids is 3. The summed E-state index contributed by atoms with van der Waals surface area (Å²) in [6.45, 7) is 5.18. The van der Waals surface area contributed by atoms with Gasteiger partial charge in [0.05, 0.1) is 67.4 Å². The Hall–Kier alpha value is -7.41. The molecule has 12 heteroatoms. The molecule has 0 amide bonds. The molecule has 6 aromatic rings. The lowest BCUT2D eigenvalue weighted by molar-refractivity contribution is -0.108. The molecule has 0 spiro atoms. The molecule has 63 heavy (non-hydrogen) atoms. The van der Waals surface area contributed by atoms with Crippen LogP contribution in [0, 0.1) is 6.92 Å². The Bertz CT molecular complexity index is 2210. The van der Waals surface area contributed by atoms with Crippen LogP contribution >= 0.6 is 0 Å². The van der Waals surface area contributed by atoms with Crippen LogP contribution in [0.25, 0.3) is 6.08 Å². The molecule has 332 valence electrons. The van der Waals surface area contributed by atoms with Crippen molar-refractivity contribution in [3.8, 4) is 40.2 Å². The summed E-state index contributed by atoms with van der Waals surface area (Å²) in [5, 5.41) is 27.2. The minimum atomic E-state index is -0.329. The molecule has 6 rings (SSSR count). The summed E-state index contributed by atoms with van der Waals surface area (Å²) in [6.07, 6.45) is 4.16. The van der Waals surface area contributed by atoms with E-state index in [2.05, 4.69) is 6.58 Å². The number of para-hydroxylation sites is 1. The molecule has 0 saturated carbocycles. The van der Waals surface area contributed by atoms with Gasteiger partial charge in [0.1, 0.15) is 29.8 Å². The van der Waals surface area contributed by atoms with Crippen molar-refractivity contribution in [1.29, 1.82) is 0 Å². The molecule has 0 aromatic heterocycles. The number of aldehydes is 3. The molecule has 0 aliphatic carbocycles. The Morgan fingerprint density at radius 1 is 0.540 bits per heavy atom. The van der Waals surface area contributed by atoms with Gasteiger partial charge in [0.15, 0.2) is 29.3 Å². The number of phenols is 1. The van der Waals surface area contributed by atoms with Crippen LogP contribution in [0.3, 0.4) is 0 Å². The van der Waals surface area contributed by atoms with Gasteiger partial charge in [0.25, 0.3) is 0 Å². The monoisotopic (exact) mass is 860 g/mol. The van der Waals surface area contributed by atoms with E-state index in [1.807, 2.05) is 97.9 Å². The number of aliphatic hydroxyl groups is 2. The highest BCUT2D eigenvalue weighted by molar-refractivity contribution is 5.80. The van der Waals surface area contributed by atoms with E-state index >= 15 is 0 Å². The van der Waals surface area contributed by atoms with Crippen molar-refractivity contribution < 1.29 is 58.1 Å². The summed E-state index contributed by atoms with van der Waals surface area (Å²) in [7, 11) is 9.26. The third-order valence-electron chi connectivity index (χ3n) is 9.01. The second-order valence-corrected chi connectivity index (χ2v) is 12.9. The Morgan fingerprint density at radius 3 is 1.57 bits per heavy atom. The van der Waals surface area contributed by atoms with E-state index in [0.29, 0.717) is 40.4 Å². The molecule has 0 unspecified atom stereocenters. The standard InChI is InChI=1S/C14H12O.C10H12O3.C9H10O4.C9H12O3.C9H10O/c15-11-14(12-7-3-1-4-8-12)13-9-5-2-6-10-13;1-7-4-10(13-3)8(6-11)5-9(7)12-2;1-13-8-3-6(4-10)2-7(5-11)9(8)12;1-11-8-5-3-4-7(6-10)9(8)12-2;1-3-8-5-4-6-9(7-8)10-2/h1-11,14H;4-6H,1-3H3;2-4,11-12H,5H2,1H3;3-5,10H,6H2,1-2H3;3-7H,1H2,2H3. The van der Waals surface area contributed by atoms with Crippen molar-refractivity contribution >= 4 is 24.9 Å². The number of aromatic hydroxyl groups is 1. The highest BCUT2D eigenvalue weighted by Gasteiger charge is 2.12.